The predicted molar refractivity (Wildman–Crippen MR) is 102 cm³/mol. The normalized spacial score (nSPS) is 12.4. The summed E-state index contributed by atoms with van der Waals surface area (Å²) in [5.41, 5.74) is 3.43. The summed E-state index contributed by atoms with van der Waals surface area (Å²) in [4.78, 5) is 12.7. The summed E-state index contributed by atoms with van der Waals surface area (Å²) >= 11 is 0. The molecule has 0 aliphatic rings. The molecule has 25 heavy (non-hydrogen) atoms. The number of carbonyl (C=O) groups is 1. The van der Waals surface area contributed by atoms with Crippen molar-refractivity contribution in [1.82, 2.24) is 0 Å². The number of hydrogen-bond acceptors (Lipinski definition) is 2. The van der Waals surface area contributed by atoms with Crippen molar-refractivity contribution in [2.45, 2.75) is 19.3 Å². The Balaban J connectivity index is 1.63. The quantitative estimate of drug-likeness (QED) is 0.520. The maximum Gasteiger partial charge on any atom is 0.231 e. The van der Waals surface area contributed by atoms with Crippen molar-refractivity contribution in [3.8, 4) is 0 Å². The Kier molecular flexibility index (Phi) is 3.98. The third kappa shape index (κ3) is 2.89. The number of anilines is 1. The van der Waals surface area contributed by atoms with Gasteiger partial charge < -0.3 is 9.73 Å². The number of carbonyl (C=O) groups excluding carboxylic acids is 1. The van der Waals surface area contributed by atoms with Crippen molar-refractivity contribution in [1.29, 1.82) is 0 Å². The van der Waals surface area contributed by atoms with Crippen molar-refractivity contribution in [3.05, 3.63) is 78.4 Å². The van der Waals surface area contributed by atoms with E-state index >= 15 is 0 Å². The first-order valence-electron chi connectivity index (χ1n) is 8.53. The molecule has 1 heterocycles. The second-order valence-electron chi connectivity index (χ2n) is 6.17. The molecule has 0 aliphatic heterocycles. The highest BCUT2D eigenvalue weighted by Gasteiger charge is 2.19. The minimum atomic E-state index is -0.160. The average molecular weight is 329 g/mol. The van der Waals surface area contributed by atoms with E-state index in [1.165, 1.54) is 0 Å². The zero-order chi connectivity index (χ0) is 17.2. The van der Waals surface area contributed by atoms with Crippen LogP contribution >= 0.6 is 0 Å². The lowest BCUT2D eigenvalue weighted by Crippen LogP contribution is -2.20. The van der Waals surface area contributed by atoms with Crippen LogP contribution in [0.2, 0.25) is 0 Å². The maximum absolute atomic E-state index is 12.7. The van der Waals surface area contributed by atoms with Crippen molar-refractivity contribution < 1.29 is 9.21 Å². The number of amides is 1. The molecule has 124 valence electrons. The third-order valence-electron chi connectivity index (χ3n) is 4.57. The van der Waals surface area contributed by atoms with Gasteiger partial charge in [0, 0.05) is 22.5 Å². The molecule has 0 spiro atoms. The molecule has 0 saturated heterocycles. The fourth-order valence-electron chi connectivity index (χ4n) is 3.29. The standard InChI is InChI=1S/C22H19NO2/c1-2-17(15-8-4-3-5-9-15)22(24)23-16-12-13-19-18-10-6-7-11-20(18)25-21(19)14-16/h3-14,17H,2H2,1H3,(H,23,24)/t17-/m1/s1. The summed E-state index contributed by atoms with van der Waals surface area (Å²) in [6.45, 7) is 2.03. The lowest BCUT2D eigenvalue weighted by Gasteiger charge is -2.15. The number of hydrogen-bond donors (Lipinski definition) is 1. The lowest BCUT2D eigenvalue weighted by molar-refractivity contribution is -0.117. The number of nitrogens with one attached hydrogen (secondary N) is 1. The highest BCUT2D eigenvalue weighted by atomic mass is 16.3. The molecule has 0 unspecified atom stereocenters. The molecular weight excluding hydrogens is 310 g/mol. The molecule has 0 radical (unpaired) electrons. The highest BCUT2D eigenvalue weighted by molar-refractivity contribution is 6.06. The number of furan rings is 1. The van der Waals surface area contributed by atoms with Gasteiger partial charge in [-0.25, -0.2) is 0 Å². The Bertz CT molecular complexity index is 1030. The van der Waals surface area contributed by atoms with Crippen LogP contribution in [0.4, 0.5) is 5.69 Å². The SMILES string of the molecule is CC[C@@H](C(=O)Nc1ccc2c(c1)oc1ccccc12)c1ccccc1. The summed E-state index contributed by atoms with van der Waals surface area (Å²) in [6.07, 6.45) is 0.753. The first kappa shape index (κ1) is 15.5. The maximum atomic E-state index is 12.7. The molecule has 1 amide bonds. The van der Waals surface area contributed by atoms with Crippen LogP contribution in [-0.4, -0.2) is 5.91 Å². The largest absolute Gasteiger partial charge is 0.456 e. The summed E-state index contributed by atoms with van der Waals surface area (Å²) in [6, 6.07) is 23.7. The van der Waals surface area contributed by atoms with E-state index in [4.69, 9.17) is 4.42 Å². The molecule has 3 heteroatoms. The summed E-state index contributed by atoms with van der Waals surface area (Å²) in [5, 5.41) is 5.18. The highest BCUT2D eigenvalue weighted by Crippen LogP contribution is 2.31. The third-order valence-corrected chi connectivity index (χ3v) is 4.57. The first-order valence-corrected chi connectivity index (χ1v) is 8.53. The molecule has 3 aromatic carbocycles. The molecule has 0 fully saturated rings. The zero-order valence-electron chi connectivity index (χ0n) is 14.0. The fourth-order valence-corrected chi connectivity index (χ4v) is 3.29. The van der Waals surface area contributed by atoms with E-state index < -0.39 is 0 Å². The summed E-state index contributed by atoms with van der Waals surface area (Å²) in [7, 11) is 0. The number of para-hydroxylation sites is 1. The van der Waals surface area contributed by atoms with E-state index in [9.17, 15) is 4.79 Å². The first-order chi connectivity index (χ1) is 12.3. The van der Waals surface area contributed by atoms with Crippen molar-refractivity contribution >= 4 is 33.5 Å². The average Bonchev–Trinajstić information content (AvgIpc) is 3.01. The fraction of sp³-hybridized carbons (Fsp3) is 0.136. The van der Waals surface area contributed by atoms with Crippen LogP contribution in [-0.2, 0) is 4.79 Å². The molecule has 1 N–H and O–H groups in total. The Labute approximate surface area is 146 Å². The Morgan fingerprint density at radius 2 is 1.64 bits per heavy atom. The van der Waals surface area contributed by atoms with Crippen LogP contribution < -0.4 is 5.32 Å². The van der Waals surface area contributed by atoms with Crippen LogP contribution in [0.3, 0.4) is 0 Å². The Morgan fingerprint density at radius 3 is 2.44 bits per heavy atom. The van der Waals surface area contributed by atoms with Crippen LogP contribution in [0.25, 0.3) is 21.9 Å². The molecule has 3 nitrogen and oxygen atoms in total. The molecule has 1 aromatic heterocycles. The molecule has 4 rings (SSSR count). The van der Waals surface area contributed by atoms with Gasteiger partial charge in [-0.2, -0.15) is 0 Å². The smallest absolute Gasteiger partial charge is 0.231 e. The predicted octanol–water partition coefficient (Wildman–Crippen LogP) is 5.72. The van der Waals surface area contributed by atoms with Crippen LogP contribution in [0.5, 0.6) is 0 Å². The molecule has 0 aliphatic carbocycles. The van der Waals surface area contributed by atoms with Gasteiger partial charge in [0.2, 0.25) is 5.91 Å². The van der Waals surface area contributed by atoms with Gasteiger partial charge in [-0.15, -0.1) is 0 Å². The minimum Gasteiger partial charge on any atom is -0.456 e. The van der Waals surface area contributed by atoms with E-state index in [2.05, 4.69) is 5.32 Å². The van der Waals surface area contributed by atoms with Gasteiger partial charge in [-0.1, -0.05) is 55.5 Å². The molecular formula is C22H19NO2. The molecule has 0 saturated carbocycles. The van der Waals surface area contributed by atoms with Crippen LogP contribution in [0.1, 0.15) is 24.8 Å². The van der Waals surface area contributed by atoms with E-state index in [0.29, 0.717) is 0 Å². The summed E-state index contributed by atoms with van der Waals surface area (Å²) in [5.74, 6) is -0.156. The zero-order valence-corrected chi connectivity index (χ0v) is 14.0. The second-order valence-corrected chi connectivity index (χ2v) is 6.17. The monoisotopic (exact) mass is 329 g/mol. The van der Waals surface area contributed by atoms with Crippen LogP contribution in [0.15, 0.2) is 77.2 Å². The van der Waals surface area contributed by atoms with E-state index in [1.807, 2.05) is 79.7 Å². The Morgan fingerprint density at radius 1 is 0.920 bits per heavy atom. The number of fused-ring (bicyclic) bond motifs is 3. The lowest BCUT2D eigenvalue weighted by atomic mass is 9.95. The van der Waals surface area contributed by atoms with Crippen molar-refractivity contribution in [2.75, 3.05) is 5.32 Å². The van der Waals surface area contributed by atoms with Crippen molar-refractivity contribution in [3.63, 3.8) is 0 Å². The second kappa shape index (κ2) is 6.44. The van der Waals surface area contributed by atoms with Gasteiger partial charge in [0.1, 0.15) is 11.2 Å². The van der Waals surface area contributed by atoms with Crippen molar-refractivity contribution in [2.24, 2.45) is 0 Å². The van der Waals surface area contributed by atoms with E-state index in [-0.39, 0.29) is 11.8 Å². The topological polar surface area (TPSA) is 42.2 Å². The molecule has 4 aromatic rings. The van der Waals surface area contributed by atoms with Gasteiger partial charge in [-0.3, -0.25) is 4.79 Å². The Hall–Kier alpha value is -3.07. The number of rotatable bonds is 4. The van der Waals surface area contributed by atoms with Gasteiger partial charge in [0.05, 0.1) is 5.92 Å². The number of benzene rings is 3. The van der Waals surface area contributed by atoms with Crippen LogP contribution in [0, 0.1) is 0 Å². The molecule has 0 bridgehead atoms. The minimum absolute atomic E-state index is 0.00385. The van der Waals surface area contributed by atoms with Gasteiger partial charge in [0.15, 0.2) is 0 Å². The van der Waals surface area contributed by atoms with Gasteiger partial charge in [0.25, 0.3) is 0 Å². The van der Waals surface area contributed by atoms with E-state index in [0.717, 1.165) is 39.6 Å². The molecule has 1 atom stereocenters. The van der Waals surface area contributed by atoms with Gasteiger partial charge >= 0.3 is 0 Å². The van der Waals surface area contributed by atoms with E-state index in [1.54, 1.807) is 0 Å². The van der Waals surface area contributed by atoms with Gasteiger partial charge in [-0.05, 0) is 30.2 Å². The summed E-state index contributed by atoms with van der Waals surface area (Å²) < 4.78 is 5.89.